The summed E-state index contributed by atoms with van der Waals surface area (Å²) in [6.45, 7) is 21.9. The number of rotatable bonds is 6. The molecule has 2 heteroatoms. The minimum atomic E-state index is -0.102. The molecular formula is C27H36N2. The molecule has 0 saturated heterocycles. The molecule has 1 unspecified atom stereocenters. The molecule has 0 bridgehead atoms. The van der Waals surface area contributed by atoms with Crippen molar-refractivity contribution >= 4 is 12.4 Å². The van der Waals surface area contributed by atoms with Gasteiger partial charge < -0.3 is 0 Å². The van der Waals surface area contributed by atoms with Gasteiger partial charge in [0, 0.05) is 24.0 Å². The lowest BCUT2D eigenvalue weighted by Crippen LogP contribution is -2.21. The zero-order valence-electron chi connectivity index (χ0n) is 19.0. The Morgan fingerprint density at radius 3 is 2.52 bits per heavy atom. The van der Waals surface area contributed by atoms with E-state index in [1.165, 1.54) is 27.9 Å². The van der Waals surface area contributed by atoms with Crippen molar-refractivity contribution in [1.82, 2.24) is 0 Å². The van der Waals surface area contributed by atoms with Crippen LogP contribution in [0.2, 0.25) is 0 Å². The number of nitrogens with zero attached hydrogens (tertiary/aromatic N) is 2. The summed E-state index contributed by atoms with van der Waals surface area (Å²) in [5, 5.41) is 0. The highest BCUT2D eigenvalue weighted by atomic mass is 14.8. The van der Waals surface area contributed by atoms with Crippen LogP contribution in [0, 0.1) is 11.3 Å². The normalized spacial score (nSPS) is 23.6. The molecule has 1 atom stereocenters. The van der Waals surface area contributed by atoms with Gasteiger partial charge in [0.1, 0.15) is 0 Å². The Balaban J connectivity index is 2.52. The molecule has 0 radical (unpaired) electrons. The van der Waals surface area contributed by atoms with E-state index in [1.807, 2.05) is 18.5 Å². The number of hydrogen-bond acceptors (Lipinski definition) is 2. The fourth-order valence-corrected chi connectivity index (χ4v) is 3.81. The van der Waals surface area contributed by atoms with E-state index in [9.17, 15) is 0 Å². The van der Waals surface area contributed by atoms with Gasteiger partial charge in [-0.3, -0.25) is 9.98 Å². The number of fused-ring (bicyclic) bond motifs is 1. The first-order chi connectivity index (χ1) is 13.7. The van der Waals surface area contributed by atoms with E-state index in [0.717, 1.165) is 24.0 Å². The van der Waals surface area contributed by atoms with Crippen LogP contribution in [0.5, 0.6) is 0 Å². The topological polar surface area (TPSA) is 24.7 Å². The second-order valence-electron chi connectivity index (χ2n) is 8.68. The summed E-state index contributed by atoms with van der Waals surface area (Å²) < 4.78 is 0. The molecule has 2 nitrogen and oxygen atoms in total. The molecule has 29 heavy (non-hydrogen) atoms. The van der Waals surface area contributed by atoms with Gasteiger partial charge >= 0.3 is 0 Å². The molecule has 0 aliphatic carbocycles. The maximum atomic E-state index is 4.71. The van der Waals surface area contributed by atoms with Gasteiger partial charge in [-0.25, -0.2) is 0 Å². The standard InChI is InChI=1S/C27H36N2/c1-9-23-16-29-18-27(8)13-10-14-28-17-26(27)25(23)15-22(7)21(6)11-12-24(19(2)3)20(4)5/h9,11-12,14-15,17-18,20H,1-2,10,13,16H2,3-8H3/b21-11+,22-15+,24-12+. The molecule has 0 aromatic carbocycles. The van der Waals surface area contributed by atoms with Crippen LogP contribution in [0.1, 0.15) is 54.4 Å². The highest BCUT2D eigenvalue weighted by Crippen LogP contribution is 2.40. The second kappa shape index (κ2) is 9.82. The SMILES string of the molecule is C=CC1=C(/C=C(C)/C(C)=C/C=C(\C(=C)C)C(C)C)C2=CN=CCCC2(C)C=NC1. The molecule has 2 aliphatic heterocycles. The van der Waals surface area contributed by atoms with E-state index in [1.54, 1.807) is 0 Å². The Bertz CT molecular complexity index is 881. The van der Waals surface area contributed by atoms with Gasteiger partial charge in [-0.05, 0) is 73.0 Å². The van der Waals surface area contributed by atoms with Gasteiger partial charge in [0.15, 0.2) is 0 Å². The summed E-state index contributed by atoms with van der Waals surface area (Å²) in [7, 11) is 0. The van der Waals surface area contributed by atoms with Crippen molar-refractivity contribution in [1.29, 1.82) is 0 Å². The molecule has 0 spiro atoms. The lowest BCUT2D eigenvalue weighted by Gasteiger charge is -2.27. The van der Waals surface area contributed by atoms with Gasteiger partial charge in [-0.2, -0.15) is 0 Å². The van der Waals surface area contributed by atoms with Crippen molar-refractivity contribution in [2.24, 2.45) is 21.3 Å². The summed E-state index contributed by atoms with van der Waals surface area (Å²) in [5.41, 5.74) is 8.38. The number of hydrogen-bond donors (Lipinski definition) is 0. The predicted octanol–water partition coefficient (Wildman–Crippen LogP) is 7.36. The summed E-state index contributed by atoms with van der Waals surface area (Å²) in [5.74, 6) is 0.463. The van der Waals surface area contributed by atoms with E-state index >= 15 is 0 Å². The van der Waals surface area contributed by atoms with Crippen molar-refractivity contribution in [3.63, 3.8) is 0 Å². The third-order valence-corrected chi connectivity index (χ3v) is 5.85. The van der Waals surface area contributed by atoms with Crippen molar-refractivity contribution in [2.75, 3.05) is 6.54 Å². The summed E-state index contributed by atoms with van der Waals surface area (Å²) in [6.07, 6.45) is 16.7. The minimum absolute atomic E-state index is 0.102. The lowest BCUT2D eigenvalue weighted by atomic mass is 9.75. The molecule has 0 N–H and O–H groups in total. The zero-order valence-corrected chi connectivity index (χ0v) is 19.0. The van der Waals surface area contributed by atoms with Crippen molar-refractivity contribution in [3.05, 3.63) is 82.7 Å². The van der Waals surface area contributed by atoms with E-state index in [2.05, 4.69) is 84.1 Å². The van der Waals surface area contributed by atoms with Crippen LogP contribution < -0.4 is 0 Å². The van der Waals surface area contributed by atoms with Crippen LogP contribution in [0.4, 0.5) is 0 Å². The predicted molar refractivity (Wildman–Crippen MR) is 130 cm³/mol. The Labute approximate surface area is 177 Å². The van der Waals surface area contributed by atoms with Gasteiger partial charge in [-0.15, -0.1) is 0 Å². The van der Waals surface area contributed by atoms with Crippen molar-refractivity contribution < 1.29 is 0 Å². The quantitative estimate of drug-likeness (QED) is 0.425. The Morgan fingerprint density at radius 1 is 1.17 bits per heavy atom. The Kier molecular flexibility index (Phi) is 7.73. The van der Waals surface area contributed by atoms with Crippen LogP contribution in [-0.2, 0) is 0 Å². The molecule has 0 saturated carbocycles. The molecule has 154 valence electrons. The largest absolute Gasteiger partial charge is 0.292 e. The number of allylic oxidation sites excluding steroid dienone is 9. The van der Waals surface area contributed by atoms with Crippen LogP contribution in [0.25, 0.3) is 0 Å². The highest BCUT2D eigenvalue weighted by Gasteiger charge is 2.32. The summed E-state index contributed by atoms with van der Waals surface area (Å²) in [6, 6.07) is 0. The van der Waals surface area contributed by atoms with E-state index in [4.69, 9.17) is 4.99 Å². The lowest BCUT2D eigenvalue weighted by molar-refractivity contribution is 0.543. The van der Waals surface area contributed by atoms with E-state index in [-0.39, 0.29) is 5.41 Å². The monoisotopic (exact) mass is 388 g/mol. The molecule has 0 fully saturated rings. The van der Waals surface area contributed by atoms with Crippen LogP contribution in [0.3, 0.4) is 0 Å². The van der Waals surface area contributed by atoms with Gasteiger partial charge in [0.25, 0.3) is 0 Å². The minimum Gasteiger partial charge on any atom is -0.292 e. The van der Waals surface area contributed by atoms with E-state index in [0.29, 0.717) is 12.5 Å². The second-order valence-corrected chi connectivity index (χ2v) is 8.68. The van der Waals surface area contributed by atoms with E-state index < -0.39 is 0 Å². The average molecular weight is 389 g/mol. The van der Waals surface area contributed by atoms with Gasteiger partial charge in [-0.1, -0.05) is 63.8 Å². The van der Waals surface area contributed by atoms with Crippen LogP contribution in [0.15, 0.2) is 92.7 Å². The average Bonchev–Trinajstić information content (AvgIpc) is 2.91. The molecule has 2 heterocycles. The first-order valence-corrected chi connectivity index (χ1v) is 10.5. The molecule has 2 aliphatic rings. The Morgan fingerprint density at radius 2 is 1.90 bits per heavy atom. The highest BCUT2D eigenvalue weighted by molar-refractivity contribution is 5.78. The third kappa shape index (κ3) is 5.53. The number of aliphatic imine (C=N–C) groups is 2. The Hall–Kier alpha value is -2.48. The zero-order chi connectivity index (χ0) is 21.6. The molecular weight excluding hydrogens is 352 g/mol. The van der Waals surface area contributed by atoms with Gasteiger partial charge in [0.05, 0.1) is 6.54 Å². The van der Waals surface area contributed by atoms with Crippen molar-refractivity contribution in [2.45, 2.75) is 54.4 Å². The maximum Gasteiger partial charge on any atom is 0.0641 e. The molecule has 0 amide bonds. The molecule has 2 rings (SSSR count). The van der Waals surface area contributed by atoms with Crippen LogP contribution in [-0.4, -0.2) is 19.0 Å². The van der Waals surface area contributed by atoms with Gasteiger partial charge in [0.2, 0.25) is 0 Å². The summed E-state index contributed by atoms with van der Waals surface area (Å²) >= 11 is 0. The molecule has 0 aromatic rings. The first-order valence-electron chi connectivity index (χ1n) is 10.5. The molecule has 0 aromatic heterocycles. The third-order valence-electron chi connectivity index (χ3n) is 5.85. The first kappa shape index (κ1) is 22.8. The summed E-state index contributed by atoms with van der Waals surface area (Å²) in [4.78, 5) is 9.24. The fraction of sp³-hybridized carbons (Fsp3) is 0.407. The van der Waals surface area contributed by atoms with Crippen LogP contribution >= 0.6 is 0 Å². The van der Waals surface area contributed by atoms with Crippen molar-refractivity contribution in [3.8, 4) is 0 Å². The smallest absolute Gasteiger partial charge is 0.0641 e. The fourth-order valence-electron chi connectivity index (χ4n) is 3.81. The maximum absolute atomic E-state index is 4.71.